The summed E-state index contributed by atoms with van der Waals surface area (Å²) in [4.78, 5) is 10.6. The monoisotopic (exact) mass is 303 g/mol. The molecule has 0 bridgehead atoms. The number of aromatic carboxylic acids is 1. The molecule has 2 N–H and O–H groups in total. The zero-order valence-electron chi connectivity index (χ0n) is 9.63. The van der Waals surface area contributed by atoms with Gasteiger partial charge < -0.3 is 9.52 Å². The van der Waals surface area contributed by atoms with Gasteiger partial charge >= 0.3 is 5.97 Å². The average molecular weight is 303 g/mol. The molecule has 0 saturated heterocycles. The Kier molecular flexibility index (Phi) is 3.45. The van der Waals surface area contributed by atoms with Crippen molar-refractivity contribution in [1.82, 2.24) is 0 Å². The van der Waals surface area contributed by atoms with Gasteiger partial charge in [-0.05, 0) is 24.3 Å². The van der Waals surface area contributed by atoms with E-state index < -0.39 is 38.5 Å². The average Bonchev–Trinajstić information content (AvgIpc) is 2.84. The van der Waals surface area contributed by atoms with Crippen LogP contribution in [-0.4, -0.2) is 19.5 Å². The Morgan fingerprint density at radius 2 is 1.85 bits per heavy atom. The van der Waals surface area contributed by atoms with E-state index >= 15 is 0 Å². The Labute approximate surface area is 111 Å². The first-order valence-electron chi connectivity index (χ1n) is 5.10. The number of carbonyl (C=O) groups is 1. The second-order valence-corrected chi connectivity index (χ2v) is 5.27. The molecule has 1 aromatic carbocycles. The summed E-state index contributed by atoms with van der Waals surface area (Å²) in [7, 11) is -4.22. The minimum absolute atomic E-state index is 0.225. The van der Waals surface area contributed by atoms with Gasteiger partial charge in [0.25, 0.3) is 10.0 Å². The second-order valence-electron chi connectivity index (χ2n) is 3.66. The topological polar surface area (TPSA) is 96.6 Å². The number of furan rings is 1. The molecule has 2 rings (SSSR count). The number of benzene rings is 1. The second kappa shape index (κ2) is 4.93. The molecular formula is C11H7F2NO5S. The van der Waals surface area contributed by atoms with Gasteiger partial charge in [-0.25, -0.2) is 13.6 Å². The molecule has 0 spiro atoms. The van der Waals surface area contributed by atoms with E-state index in [1.54, 1.807) is 0 Å². The maximum Gasteiger partial charge on any atom is 0.371 e. The van der Waals surface area contributed by atoms with Gasteiger partial charge in [-0.3, -0.25) is 4.72 Å². The molecule has 0 unspecified atom stereocenters. The Morgan fingerprint density at radius 3 is 2.40 bits per heavy atom. The van der Waals surface area contributed by atoms with Crippen molar-refractivity contribution in [3.63, 3.8) is 0 Å². The highest BCUT2D eigenvalue weighted by molar-refractivity contribution is 7.92. The fraction of sp³-hybridized carbons (Fsp3) is 0. The SMILES string of the molecule is O=C(O)c1ccc(S(=O)(=O)Nc2ccc(F)c(F)c2)o1. The van der Waals surface area contributed by atoms with Crippen molar-refractivity contribution in [1.29, 1.82) is 0 Å². The van der Waals surface area contributed by atoms with Gasteiger partial charge in [-0.2, -0.15) is 8.42 Å². The zero-order chi connectivity index (χ0) is 14.9. The van der Waals surface area contributed by atoms with E-state index in [0.717, 1.165) is 24.3 Å². The molecule has 0 radical (unpaired) electrons. The number of halogens is 2. The summed E-state index contributed by atoms with van der Waals surface area (Å²) in [5, 5.41) is 7.97. The van der Waals surface area contributed by atoms with Crippen molar-refractivity contribution >= 4 is 21.7 Å². The Hall–Kier alpha value is -2.42. The molecule has 9 heteroatoms. The van der Waals surface area contributed by atoms with Gasteiger partial charge in [0.2, 0.25) is 10.9 Å². The number of anilines is 1. The number of nitrogens with one attached hydrogen (secondary N) is 1. The van der Waals surface area contributed by atoms with Crippen LogP contribution in [0.5, 0.6) is 0 Å². The number of sulfonamides is 1. The van der Waals surface area contributed by atoms with Crippen molar-refractivity contribution in [2.24, 2.45) is 0 Å². The van der Waals surface area contributed by atoms with E-state index in [9.17, 15) is 22.0 Å². The number of rotatable bonds is 4. The molecular weight excluding hydrogens is 296 g/mol. The lowest BCUT2D eigenvalue weighted by molar-refractivity contribution is 0.0656. The molecule has 0 aliphatic heterocycles. The van der Waals surface area contributed by atoms with Crippen LogP contribution in [0.15, 0.2) is 39.8 Å². The van der Waals surface area contributed by atoms with Crippen molar-refractivity contribution in [2.75, 3.05) is 4.72 Å². The molecule has 0 atom stereocenters. The fourth-order valence-electron chi connectivity index (χ4n) is 1.34. The molecule has 0 fully saturated rings. The third-order valence-corrected chi connectivity index (χ3v) is 3.48. The van der Waals surface area contributed by atoms with Crippen LogP contribution in [0.1, 0.15) is 10.6 Å². The van der Waals surface area contributed by atoms with Crippen LogP contribution in [0.3, 0.4) is 0 Å². The Balaban J connectivity index is 2.30. The molecule has 2 aromatic rings. The van der Waals surface area contributed by atoms with Crippen LogP contribution in [0, 0.1) is 11.6 Å². The van der Waals surface area contributed by atoms with Crippen LogP contribution >= 0.6 is 0 Å². The highest BCUT2D eigenvalue weighted by Gasteiger charge is 2.21. The highest BCUT2D eigenvalue weighted by Crippen LogP contribution is 2.20. The first kappa shape index (κ1) is 14.0. The van der Waals surface area contributed by atoms with Crippen molar-refractivity contribution in [3.8, 4) is 0 Å². The third-order valence-electron chi connectivity index (χ3n) is 2.23. The standard InChI is InChI=1S/C11H7F2NO5S/c12-7-2-1-6(5-8(7)13)14-20(17,18)10-4-3-9(19-10)11(15)16/h1-5,14H,(H,15,16). The summed E-state index contributed by atoms with van der Waals surface area (Å²) in [6.45, 7) is 0. The van der Waals surface area contributed by atoms with Gasteiger partial charge in [0.05, 0.1) is 5.69 Å². The fourth-order valence-corrected chi connectivity index (χ4v) is 2.33. The highest BCUT2D eigenvalue weighted by atomic mass is 32.2. The molecule has 20 heavy (non-hydrogen) atoms. The van der Waals surface area contributed by atoms with E-state index in [0.29, 0.717) is 6.07 Å². The number of carboxylic acid groups (broad SMARTS) is 1. The van der Waals surface area contributed by atoms with Crippen LogP contribution in [0.2, 0.25) is 0 Å². The lowest BCUT2D eigenvalue weighted by atomic mass is 10.3. The van der Waals surface area contributed by atoms with E-state index in [4.69, 9.17) is 5.11 Å². The minimum atomic E-state index is -4.22. The van der Waals surface area contributed by atoms with Gasteiger partial charge in [0, 0.05) is 6.07 Å². The molecule has 1 aromatic heterocycles. The van der Waals surface area contributed by atoms with Gasteiger partial charge in [-0.1, -0.05) is 0 Å². The largest absolute Gasteiger partial charge is 0.475 e. The maximum atomic E-state index is 13.0. The van der Waals surface area contributed by atoms with Crippen molar-refractivity contribution < 1.29 is 31.5 Å². The molecule has 0 aliphatic rings. The zero-order valence-corrected chi connectivity index (χ0v) is 10.4. The van der Waals surface area contributed by atoms with E-state index in [1.807, 2.05) is 4.72 Å². The van der Waals surface area contributed by atoms with Gasteiger partial charge in [0.15, 0.2) is 11.6 Å². The molecule has 6 nitrogen and oxygen atoms in total. The molecule has 0 amide bonds. The van der Waals surface area contributed by atoms with E-state index in [1.165, 1.54) is 0 Å². The van der Waals surface area contributed by atoms with Crippen molar-refractivity contribution in [3.05, 3.63) is 47.7 Å². The molecule has 1 heterocycles. The Bertz CT molecular complexity index is 769. The molecule has 106 valence electrons. The van der Waals surface area contributed by atoms with E-state index in [2.05, 4.69) is 4.42 Å². The first-order chi connectivity index (χ1) is 9.29. The van der Waals surface area contributed by atoms with Gasteiger partial charge in [0.1, 0.15) is 0 Å². The predicted molar refractivity (Wildman–Crippen MR) is 62.8 cm³/mol. The van der Waals surface area contributed by atoms with Crippen LogP contribution in [0.25, 0.3) is 0 Å². The first-order valence-corrected chi connectivity index (χ1v) is 6.59. The minimum Gasteiger partial charge on any atom is -0.475 e. The van der Waals surface area contributed by atoms with Crippen molar-refractivity contribution in [2.45, 2.75) is 5.09 Å². The van der Waals surface area contributed by atoms with Crippen LogP contribution < -0.4 is 4.72 Å². The van der Waals surface area contributed by atoms with Crippen LogP contribution in [0.4, 0.5) is 14.5 Å². The normalized spacial score (nSPS) is 11.3. The summed E-state index contributed by atoms with van der Waals surface area (Å²) in [6.07, 6.45) is 0. The number of hydrogen-bond donors (Lipinski definition) is 2. The quantitative estimate of drug-likeness (QED) is 0.901. The number of hydrogen-bond acceptors (Lipinski definition) is 4. The van der Waals surface area contributed by atoms with Crippen LogP contribution in [-0.2, 0) is 10.0 Å². The summed E-state index contributed by atoms with van der Waals surface area (Å²) in [6, 6.07) is 4.30. The van der Waals surface area contributed by atoms with E-state index in [-0.39, 0.29) is 5.69 Å². The maximum absolute atomic E-state index is 13.0. The smallest absolute Gasteiger partial charge is 0.371 e. The summed E-state index contributed by atoms with van der Waals surface area (Å²) in [5.41, 5.74) is -0.225. The molecule has 0 saturated carbocycles. The molecule has 0 aliphatic carbocycles. The summed E-state index contributed by atoms with van der Waals surface area (Å²) >= 11 is 0. The van der Waals surface area contributed by atoms with Gasteiger partial charge in [-0.15, -0.1) is 0 Å². The summed E-state index contributed by atoms with van der Waals surface area (Å²) < 4.78 is 55.9. The lowest BCUT2D eigenvalue weighted by Crippen LogP contribution is -2.12. The predicted octanol–water partition coefficient (Wildman–Crippen LogP) is 2.06. The third kappa shape index (κ3) is 2.77. The Morgan fingerprint density at radius 1 is 1.15 bits per heavy atom. The summed E-state index contributed by atoms with van der Waals surface area (Å²) in [5.74, 6) is -4.34. The lowest BCUT2D eigenvalue weighted by Gasteiger charge is -2.05. The number of carboxylic acids is 1.